The summed E-state index contributed by atoms with van der Waals surface area (Å²) in [5.41, 5.74) is 0.673. The van der Waals surface area contributed by atoms with E-state index in [1.165, 1.54) is 0 Å². The van der Waals surface area contributed by atoms with Gasteiger partial charge in [0.25, 0.3) is 0 Å². The number of ketones is 1. The Balaban J connectivity index is 1.78. The van der Waals surface area contributed by atoms with E-state index in [1.807, 2.05) is 49.1 Å². The number of nitrogens with one attached hydrogen (secondary N) is 2. The van der Waals surface area contributed by atoms with Gasteiger partial charge < -0.3 is 20.1 Å². The molecule has 0 aliphatic carbocycles. The second-order valence-corrected chi connectivity index (χ2v) is 12.2. The molecule has 9 nitrogen and oxygen atoms in total. The normalized spacial score (nSPS) is 17.2. The highest BCUT2D eigenvalue weighted by molar-refractivity contribution is 5.98. The summed E-state index contributed by atoms with van der Waals surface area (Å²) in [5, 5.41) is 5.79. The Hall–Kier alpha value is -3.72. The van der Waals surface area contributed by atoms with Gasteiger partial charge in [0.2, 0.25) is 11.8 Å². The molecule has 2 aromatic rings. The summed E-state index contributed by atoms with van der Waals surface area (Å²) in [6.45, 7) is 9.66. The summed E-state index contributed by atoms with van der Waals surface area (Å²) in [6, 6.07) is 14.0. The molecule has 228 valence electrons. The first kappa shape index (κ1) is 32.8. The average Bonchev–Trinajstić information content (AvgIpc) is 2.95. The largest absolute Gasteiger partial charge is 0.497 e. The van der Waals surface area contributed by atoms with Crippen molar-refractivity contribution < 1.29 is 28.7 Å². The molecule has 1 aliphatic rings. The molecule has 0 spiro atoms. The van der Waals surface area contributed by atoms with Crippen molar-refractivity contribution in [3.63, 3.8) is 0 Å². The number of hydrogen-bond donors (Lipinski definition) is 2. The van der Waals surface area contributed by atoms with Gasteiger partial charge in [-0.15, -0.1) is 0 Å². The predicted molar refractivity (Wildman–Crippen MR) is 161 cm³/mol. The quantitative estimate of drug-likeness (QED) is 0.289. The van der Waals surface area contributed by atoms with E-state index in [2.05, 4.69) is 10.6 Å². The summed E-state index contributed by atoms with van der Waals surface area (Å²) in [5.74, 6) is -1.05. The molecule has 0 radical (unpaired) electrons. The van der Waals surface area contributed by atoms with Crippen LogP contribution in [0.2, 0.25) is 0 Å². The molecule has 0 aromatic heterocycles. The zero-order chi connectivity index (χ0) is 30.9. The Labute approximate surface area is 249 Å². The molecule has 1 heterocycles. The van der Waals surface area contributed by atoms with Crippen molar-refractivity contribution in [3.8, 4) is 5.75 Å². The summed E-state index contributed by atoms with van der Waals surface area (Å²) >= 11 is 0. The monoisotopic (exact) mass is 579 g/mol. The smallest absolute Gasteiger partial charge is 0.329 e. The maximum atomic E-state index is 13.7. The highest BCUT2D eigenvalue weighted by Gasteiger charge is 2.35. The van der Waals surface area contributed by atoms with Gasteiger partial charge in [0, 0.05) is 12.0 Å². The first-order valence-corrected chi connectivity index (χ1v) is 14.7. The number of amides is 2. The van der Waals surface area contributed by atoms with Gasteiger partial charge in [-0.2, -0.15) is 0 Å². The lowest BCUT2D eigenvalue weighted by Crippen LogP contribution is -2.58. The van der Waals surface area contributed by atoms with Crippen LogP contribution in [-0.4, -0.2) is 72.4 Å². The topological polar surface area (TPSA) is 114 Å². The summed E-state index contributed by atoms with van der Waals surface area (Å²) in [7, 11) is 1.55. The van der Waals surface area contributed by atoms with Gasteiger partial charge in [-0.25, -0.2) is 4.79 Å². The van der Waals surface area contributed by atoms with E-state index in [9.17, 15) is 19.2 Å². The van der Waals surface area contributed by atoms with Crippen molar-refractivity contribution >= 4 is 23.6 Å². The third-order valence-corrected chi connectivity index (χ3v) is 7.20. The highest BCUT2D eigenvalue weighted by atomic mass is 16.6. The number of Topliss-reactive ketones (excluding diaryl/α,β-unsaturated/α-hetero) is 1. The number of carbonyl (C=O) groups excluding carboxylic acids is 4. The molecule has 1 saturated heterocycles. The second-order valence-electron chi connectivity index (χ2n) is 12.2. The van der Waals surface area contributed by atoms with Gasteiger partial charge in [-0.3, -0.25) is 19.3 Å². The zero-order valence-electron chi connectivity index (χ0n) is 25.6. The second kappa shape index (κ2) is 15.0. The number of esters is 1. The fourth-order valence-electron chi connectivity index (χ4n) is 4.99. The number of nitrogens with zero attached hydrogens (tertiary/aromatic N) is 1. The zero-order valence-corrected chi connectivity index (χ0v) is 25.6. The number of methoxy groups -OCH3 is 1. The first-order chi connectivity index (χ1) is 19.9. The van der Waals surface area contributed by atoms with Gasteiger partial charge in [0.15, 0.2) is 5.78 Å². The number of likely N-dealkylation sites (tertiary alicyclic amines) is 1. The Morgan fingerprint density at radius 1 is 0.976 bits per heavy atom. The van der Waals surface area contributed by atoms with Crippen LogP contribution < -0.4 is 15.4 Å². The van der Waals surface area contributed by atoms with Gasteiger partial charge >= 0.3 is 5.97 Å². The lowest BCUT2D eigenvalue weighted by atomic mass is 9.98. The van der Waals surface area contributed by atoms with Gasteiger partial charge in [0.05, 0.1) is 19.7 Å². The van der Waals surface area contributed by atoms with Gasteiger partial charge in [0.1, 0.15) is 23.4 Å². The van der Waals surface area contributed by atoms with E-state index in [0.717, 1.165) is 18.4 Å². The lowest BCUT2D eigenvalue weighted by Gasteiger charge is -2.35. The average molecular weight is 580 g/mol. The lowest BCUT2D eigenvalue weighted by molar-refractivity contribution is -0.160. The van der Waals surface area contributed by atoms with Gasteiger partial charge in [-0.05, 0) is 63.8 Å². The molecule has 1 aliphatic heterocycles. The number of carbonyl (C=O) groups is 4. The van der Waals surface area contributed by atoms with Crippen LogP contribution in [0.5, 0.6) is 5.75 Å². The van der Waals surface area contributed by atoms with Crippen LogP contribution in [0.25, 0.3) is 0 Å². The first-order valence-electron chi connectivity index (χ1n) is 14.7. The summed E-state index contributed by atoms with van der Waals surface area (Å²) in [4.78, 5) is 55.3. The molecule has 0 saturated carbocycles. The Morgan fingerprint density at radius 3 is 2.33 bits per heavy atom. The number of benzene rings is 2. The highest BCUT2D eigenvalue weighted by Crippen LogP contribution is 2.20. The summed E-state index contributed by atoms with van der Waals surface area (Å²) < 4.78 is 10.8. The molecular formula is C33H45N3O6. The molecule has 42 heavy (non-hydrogen) atoms. The fourth-order valence-corrected chi connectivity index (χ4v) is 4.99. The minimum absolute atomic E-state index is 0.0782. The molecule has 2 N–H and O–H groups in total. The van der Waals surface area contributed by atoms with E-state index in [0.29, 0.717) is 24.3 Å². The van der Waals surface area contributed by atoms with E-state index in [4.69, 9.17) is 9.47 Å². The van der Waals surface area contributed by atoms with Crippen LogP contribution >= 0.6 is 0 Å². The van der Waals surface area contributed by atoms with Crippen LogP contribution in [0.1, 0.15) is 69.8 Å². The molecule has 9 heteroatoms. The number of ether oxygens (including phenoxy) is 2. The van der Waals surface area contributed by atoms with Crippen LogP contribution in [0.15, 0.2) is 54.6 Å². The number of piperidine rings is 1. The van der Waals surface area contributed by atoms with E-state index in [1.54, 1.807) is 52.1 Å². The SMILES string of the molecule is COc1cccc(C(=O)CN2CCCC[C@H]2C(=O)N[C@@H](Cc2ccccc2)C(=O)NC(C(=O)OC(C)(C)C)C(C)C)c1. The van der Waals surface area contributed by atoms with Crippen LogP contribution in [0, 0.1) is 5.92 Å². The molecule has 3 rings (SSSR count). The van der Waals surface area contributed by atoms with Crippen LogP contribution in [0.3, 0.4) is 0 Å². The molecule has 1 fully saturated rings. The predicted octanol–water partition coefficient (Wildman–Crippen LogP) is 3.94. The summed E-state index contributed by atoms with van der Waals surface area (Å²) in [6.07, 6.45) is 2.52. The van der Waals surface area contributed by atoms with E-state index in [-0.39, 0.29) is 30.6 Å². The Morgan fingerprint density at radius 2 is 1.69 bits per heavy atom. The van der Waals surface area contributed by atoms with Crippen LogP contribution in [-0.2, 0) is 25.5 Å². The molecular weight excluding hydrogens is 534 g/mol. The van der Waals surface area contributed by atoms with Gasteiger partial charge in [-0.1, -0.05) is 62.7 Å². The Kier molecular flexibility index (Phi) is 11.7. The fraction of sp³-hybridized carbons (Fsp3) is 0.515. The van der Waals surface area contributed by atoms with E-state index >= 15 is 0 Å². The standard InChI is InChI=1S/C33H45N3O6/c1-22(2)29(32(40)42-33(3,4)5)35-30(38)26(19-23-13-8-7-9-14-23)34-31(39)27-17-10-11-18-36(27)21-28(37)24-15-12-16-25(20-24)41-6/h7-9,12-16,20,22,26-27,29H,10-11,17-19,21H2,1-6H3,(H,34,39)(H,35,38)/t26-,27-,29?/m0/s1. The van der Waals surface area contributed by atoms with Crippen molar-refractivity contribution in [1.82, 2.24) is 15.5 Å². The maximum absolute atomic E-state index is 13.7. The van der Waals surface area contributed by atoms with Crippen molar-refractivity contribution in [2.24, 2.45) is 5.92 Å². The van der Waals surface area contributed by atoms with Crippen molar-refractivity contribution in [2.75, 3.05) is 20.2 Å². The maximum Gasteiger partial charge on any atom is 0.329 e. The van der Waals surface area contributed by atoms with Crippen LogP contribution in [0.4, 0.5) is 0 Å². The van der Waals surface area contributed by atoms with Crippen molar-refractivity contribution in [3.05, 3.63) is 65.7 Å². The third kappa shape index (κ3) is 9.69. The molecule has 0 bridgehead atoms. The molecule has 2 aromatic carbocycles. The van der Waals surface area contributed by atoms with E-state index < -0.39 is 35.6 Å². The molecule has 2 amide bonds. The Bertz CT molecular complexity index is 1220. The van der Waals surface area contributed by atoms with Crippen molar-refractivity contribution in [2.45, 2.75) is 84.0 Å². The number of hydrogen-bond acceptors (Lipinski definition) is 7. The third-order valence-electron chi connectivity index (χ3n) is 7.20. The molecule has 3 atom stereocenters. The van der Waals surface area contributed by atoms with Crippen molar-refractivity contribution in [1.29, 1.82) is 0 Å². The minimum Gasteiger partial charge on any atom is -0.497 e. The number of rotatable bonds is 12. The minimum atomic E-state index is -0.929. The molecule has 1 unspecified atom stereocenters.